The van der Waals surface area contributed by atoms with Crippen molar-refractivity contribution < 1.29 is 9.53 Å². The third kappa shape index (κ3) is 6.32. The summed E-state index contributed by atoms with van der Waals surface area (Å²) >= 11 is 2.76. The zero-order chi connectivity index (χ0) is 24.1. The van der Waals surface area contributed by atoms with E-state index in [0.29, 0.717) is 16.2 Å². The first kappa shape index (κ1) is 25.2. The van der Waals surface area contributed by atoms with Gasteiger partial charge in [0.25, 0.3) is 0 Å². The van der Waals surface area contributed by atoms with Gasteiger partial charge in [-0.05, 0) is 57.7 Å². The van der Waals surface area contributed by atoms with E-state index in [1.54, 1.807) is 0 Å². The molecular weight excluding hydrogens is 456 g/mol. The van der Waals surface area contributed by atoms with Gasteiger partial charge in [0.2, 0.25) is 11.0 Å². The van der Waals surface area contributed by atoms with Gasteiger partial charge in [0.15, 0.2) is 17.1 Å². The smallest absolute Gasteiger partial charge is 0.239 e. The molecule has 2 atom stereocenters. The highest BCUT2D eigenvalue weighted by molar-refractivity contribution is 8.00. The molecule has 33 heavy (non-hydrogen) atoms. The van der Waals surface area contributed by atoms with Crippen LogP contribution in [-0.2, 0) is 11.2 Å². The molecule has 1 amide bonds. The lowest BCUT2D eigenvalue weighted by Crippen LogP contribution is -2.23. The fourth-order valence-electron chi connectivity index (χ4n) is 3.19. The number of rotatable bonds is 10. The van der Waals surface area contributed by atoms with Gasteiger partial charge in [-0.15, -0.1) is 20.4 Å². The second kappa shape index (κ2) is 11.1. The van der Waals surface area contributed by atoms with Gasteiger partial charge < -0.3 is 9.30 Å². The summed E-state index contributed by atoms with van der Waals surface area (Å²) in [5, 5.41) is 21.4. The third-order valence-electron chi connectivity index (χ3n) is 5.08. The molecule has 2 aromatic heterocycles. The number of nitrogens with zero attached hydrogens (tertiary/aromatic N) is 5. The van der Waals surface area contributed by atoms with E-state index in [0.717, 1.165) is 23.0 Å². The Morgan fingerprint density at radius 2 is 1.76 bits per heavy atom. The van der Waals surface area contributed by atoms with Crippen molar-refractivity contribution in [3.8, 4) is 5.75 Å². The molecule has 10 heteroatoms. The number of hydrogen-bond acceptors (Lipinski definition) is 8. The topological polar surface area (TPSA) is 94.8 Å². The van der Waals surface area contributed by atoms with Crippen LogP contribution in [0.15, 0.2) is 29.4 Å². The Bertz CT molecular complexity index is 1060. The second-order valence-corrected chi connectivity index (χ2v) is 10.8. The Labute approximate surface area is 203 Å². The van der Waals surface area contributed by atoms with Crippen LogP contribution in [0.25, 0.3) is 0 Å². The van der Waals surface area contributed by atoms with Gasteiger partial charge in [0, 0.05) is 6.04 Å². The van der Waals surface area contributed by atoms with Crippen LogP contribution >= 0.6 is 23.1 Å². The summed E-state index contributed by atoms with van der Waals surface area (Å²) in [4.78, 5) is 12.7. The monoisotopic (exact) mass is 488 g/mol. The molecule has 8 nitrogen and oxygen atoms in total. The van der Waals surface area contributed by atoms with Crippen LogP contribution in [0.2, 0.25) is 0 Å². The lowest BCUT2D eigenvalue weighted by molar-refractivity contribution is -0.115. The number of benzene rings is 1. The maximum Gasteiger partial charge on any atom is 0.239 e. The van der Waals surface area contributed by atoms with E-state index >= 15 is 0 Å². The summed E-state index contributed by atoms with van der Waals surface area (Å²) < 4.78 is 8.19. The van der Waals surface area contributed by atoms with E-state index in [-0.39, 0.29) is 23.3 Å². The van der Waals surface area contributed by atoms with Gasteiger partial charge in [0.1, 0.15) is 10.8 Å². The Hall–Kier alpha value is -2.46. The summed E-state index contributed by atoms with van der Waals surface area (Å²) in [5.74, 6) is 1.84. The van der Waals surface area contributed by atoms with Crippen LogP contribution in [0.4, 0.5) is 5.13 Å². The molecule has 1 aromatic carbocycles. The van der Waals surface area contributed by atoms with E-state index in [9.17, 15) is 4.79 Å². The molecule has 0 radical (unpaired) electrons. The number of carbonyl (C=O) groups is 1. The van der Waals surface area contributed by atoms with Crippen LogP contribution < -0.4 is 10.1 Å². The molecule has 2 unspecified atom stereocenters. The number of ether oxygens (including phenoxy) is 1. The minimum Gasteiger partial charge on any atom is -0.483 e. The van der Waals surface area contributed by atoms with Crippen LogP contribution in [0.1, 0.15) is 82.9 Å². The number of amides is 1. The summed E-state index contributed by atoms with van der Waals surface area (Å²) in [7, 11) is 0. The van der Waals surface area contributed by atoms with Crippen molar-refractivity contribution in [2.45, 2.75) is 83.4 Å². The molecule has 178 valence electrons. The van der Waals surface area contributed by atoms with Gasteiger partial charge >= 0.3 is 0 Å². The Morgan fingerprint density at radius 1 is 1.06 bits per heavy atom. The SMILES string of the molecule is CCc1nnc(NC(=O)C(C)Sc2nnc(C(C)Oc3ccc(C(C)C)cc3)n2C(C)C)s1. The number of aromatic nitrogens is 5. The molecular formula is C23H32N6O2S2. The standard InChI is InChI=1S/C23H32N6O2S2/c1-8-19-25-27-22(33-19)24-21(30)16(7)32-23-28-26-20(29(23)14(4)5)15(6)31-18-11-9-17(10-12-18)13(2)3/h9-16H,8H2,1-7H3,(H,24,27,30). The zero-order valence-corrected chi connectivity index (χ0v) is 21.8. The highest BCUT2D eigenvalue weighted by Crippen LogP contribution is 2.30. The van der Waals surface area contributed by atoms with Crippen LogP contribution in [0, 0.1) is 0 Å². The molecule has 1 N–H and O–H groups in total. The molecule has 2 heterocycles. The van der Waals surface area contributed by atoms with Crippen molar-refractivity contribution >= 4 is 34.1 Å². The zero-order valence-electron chi connectivity index (χ0n) is 20.2. The molecule has 0 aliphatic carbocycles. The van der Waals surface area contributed by atoms with Gasteiger partial charge in [-0.3, -0.25) is 10.1 Å². The second-order valence-electron chi connectivity index (χ2n) is 8.39. The van der Waals surface area contributed by atoms with E-state index in [2.05, 4.69) is 65.5 Å². The number of carbonyl (C=O) groups excluding carboxylic acids is 1. The van der Waals surface area contributed by atoms with E-state index in [1.807, 2.05) is 37.5 Å². The first-order valence-electron chi connectivity index (χ1n) is 11.2. The van der Waals surface area contributed by atoms with Crippen molar-refractivity contribution in [3.63, 3.8) is 0 Å². The fraction of sp³-hybridized carbons (Fsp3) is 0.522. The molecule has 3 aromatic rings. The van der Waals surface area contributed by atoms with Crippen molar-refractivity contribution in [3.05, 3.63) is 40.7 Å². The minimum atomic E-state index is -0.381. The minimum absolute atomic E-state index is 0.109. The molecule has 3 rings (SSSR count). The molecule has 0 aliphatic rings. The summed E-state index contributed by atoms with van der Waals surface area (Å²) in [5.41, 5.74) is 1.27. The maximum atomic E-state index is 12.7. The first-order valence-corrected chi connectivity index (χ1v) is 12.9. The van der Waals surface area contributed by atoms with Crippen LogP contribution in [-0.4, -0.2) is 36.1 Å². The molecule has 0 saturated heterocycles. The summed E-state index contributed by atoms with van der Waals surface area (Å²) in [6.45, 7) is 14.3. The molecule has 0 saturated carbocycles. The van der Waals surface area contributed by atoms with Gasteiger partial charge in [-0.1, -0.05) is 56.0 Å². The Kier molecular flexibility index (Phi) is 8.47. The highest BCUT2D eigenvalue weighted by atomic mass is 32.2. The van der Waals surface area contributed by atoms with E-state index < -0.39 is 0 Å². The average molecular weight is 489 g/mol. The highest BCUT2D eigenvalue weighted by Gasteiger charge is 2.25. The van der Waals surface area contributed by atoms with Crippen LogP contribution in [0.5, 0.6) is 5.75 Å². The molecule has 0 fully saturated rings. The quantitative estimate of drug-likeness (QED) is 0.368. The third-order valence-corrected chi connectivity index (χ3v) is 7.12. The van der Waals surface area contributed by atoms with Crippen molar-refractivity contribution in [2.24, 2.45) is 0 Å². The Morgan fingerprint density at radius 3 is 2.33 bits per heavy atom. The molecule has 0 bridgehead atoms. The Balaban J connectivity index is 1.70. The van der Waals surface area contributed by atoms with Gasteiger partial charge in [0.05, 0.1) is 5.25 Å². The lowest BCUT2D eigenvalue weighted by atomic mass is 10.0. The fourth-order valence-corrected chi connectivity index (χ4v) is 4.86. The summed E-state index contributed by atoms with van der Waals surface area (Å²) in [6, 6.07) is 8.26. The van der Waals surface area contributed by atoms with Crippen molar-refractivity contribution in [1.29, 1.82) is 0 Å². The van der Waals surface area contributed by atoms with E-state index in [1.165, 1.54) is 28.7 Å². The number of anilines is 1. The molecule has 0 spiro atoms. The van der Waals surface area contributed by atoms with Crippen molar-refractivity contribution in [1.82, 2.24) is 25.0 Å². The predicted molar refractivity (Wildman–Crippen MR) is 133 cm³/mol. The first-order chi connectivity index (χ1) is 15.7. The van der Waals surface area contributed by atoms with Gasteiger partial charge in [-0.2, -0.15) is 0 Å². The van der Waals surface area contributed by atoms with Gasteiger partial charge in [-0.25, -0.2) is 0 Å². The van der Waals surface area contributed by atoms with Crippen molar-refractivity contribution in [2.75, 3.05) is 5.32 Å². The predicted octanol–water partition coefficient (Wildman–Crippen LogP) is 5.66. The summed E-state index contributed by atoms with van der Waals surface area (Å²) in [6.07, 6.45) is 0.498. The van der Waals surface area contributed by atoms with E-state index in [4.69, 9.17) is 4.74 Å². The van der Waals surface area contributed by atoms with Crippen LogP contribution in [0.3, 0.4) is 0 Å². The number of thioether (sulfide) groups is 1. The average Bonchev–Trinajstić information content (AvgIpc) is 3.40. The largest absolute Gasteiger partial charge is 0.483 e. The maximum absolute atomic E-state index is 12.7. The lowest BCUT2D eigenvalue weighted by Gasteiger charge is -2.20. The number of aryl methyl sites for hydroxylation is 1. The number of hydrogen-bond donors (Lipinski definition) is 1. The molecule has 0 aliphatic heterocycles. The number of nitrogens with one attached hydrogen (secondary N) is 1. The normalized spacial score (nSPS) is 13.4.